The highest BCUT2D eigenvalue weighted by molar-refractivity contribution is 7.89. The molecule has 1 N–H and O–H groups in total. The number of rotatable bonds is 6. The molecule has 0 saturated heterocycles. The van der Waals surface area contributed by atoms with E-state index in [0.29, 0.717) is 10.7 Å². The summed E-state index contributed by atoms with van der Waals surface area (Å²) in [5, 5.41) is 3.13. The number of hydrogen-bond acceptors (Lipinski definition) is 3. The van der Waals surface area contributed by atoms with Crippen LogP contribution < -0.4 is 5.32 Å². The van der Waals surface area contributed by atoms with Crippen molar-refractivity contribution in [1.29, 1.82) is 0 Å². The Kier molecular flexibility index (Phi) is 5.76. The molecular formula is C16H17ClN2O3S. The van der Waals surface area contributed by atoms with Crippen LogP contribution in [-0.4, -0.2) is 31.7 Å². The molecule has 5 nitrogen and oxygen atoms in total. The minimum absolute atomic E-state index is 0.108. The molecule has 0 fully saturated rings. The molecule has 1 amide bonds. The summed E-state index contributed by atoms with van der Waals surface area (Å²) >= 11 is 5.78. The third-order valence-electron chi connectivity index (χ3n) is 3.18. The van der Waals surface area contributed by atoms with Gasteiger partial charge in [-0.05, 0) is 36.4 Å². The second-order valence-corrected chi connectivity index (χ2v) is 7.17. The van der Waals surface area contributed by atoms with Gasteiger partial charge in [-0.2, -0.15) is 4.31 Å². The summed E-state index contributed by atoms with van der Waals surface area (Å²) in [6, 6.07) is 14.8. The fraction of sp³-hybridized carbons (Fsp3) is 0.188. The van der Waals surface area contributed by atoms with Crippen LogP contribution in [0.15, 0.2) is 59.5 Å². The van der Waals surface area contributed by atoms with E-state index < -0.39 is 15.9 Å². The summed E-state index contributed by atoms with van der Waals surface area (Å²) in [4.78, 5) is 12.2. The number of anilines is 1. The molecule has 7 heteroatoms. The molecule has 2 aromatic carbocycles. The van der Waals surface area contributed by atoms with Crippen LogP contribution in [-0.2, 0) is 14.8 Å². The summed E-state index contributed by atoms with van der Waals surface area (Å²) in [7, 11) is -3.74. The SMILES string of the molecule is CCN(CC(=O)Nc1ccccc1)S(=O)(=O)c1ccc(Cl)cc1. The second kappa shape index (κ2) is 7.59. The molecule has 0 unspecified atom stereocenters. The van der Waals surface area contributed by atoms with Crippen LogP contribution in [0.2, 0.25) is 5.02 Å². The maximum atomic E-state index is 12.6. The van der Waals surface area contributed by atoms with Gasteiger partial charge in [0.25, 0.3) is 0 Å². The average molecular weight is 353 g/mol. The van der Waals surface area contributed by atoms with Crippen LogP contribution in [0.1, 0.15) is 6.92 Å². The quantitative estimate of drug-likeness (QED) is 0.869. The Labute approximate surface area is 140 Å². The van der Waals surface area contributed by atoms with Crippen LogP contribution in [0.5, 0.6) is 0 Å². The van der Waals surface area contributed by atoms with Crippen molar-refractivity contribution in [2.75, 3.05) is 18.4 Å². The summed E-state index contributed by atoms with van der Waals surface area (Å²) in [5.41, 5.74) is 0.623. The molecule has 0 bridgehead atoms. The molecule has 2 rings (SSSR count). The highest BCUT2D eigenvalue weighted by atomic mass is 35.5. The number of nitrogens with one attached hydrogen (secondary N) is 1. The van der Waals surface area contributed by atoms with Crippen LogP contribution in [0.4, 0.5) is 5.69 Å². The number of carbonyl (C=O) groups is 1. The molecule has 0 aliphatic carbocycles. The highest BCUT2D eigenvalue weighted by Gasteiger charge is 2.25. The molecular weight excluding hydrogens is 336 g/mol. The molecule has 0 spiro atoms. The number of halogens is 1. The number of likely N-dealkylation sites (N-methyl/N-ethyl adjacent to an activating group) is 1. The third-order valence-corrected chi connectivity index (χ3v) is 5.37. The standard InChI is InChI=1S/C16H17ClN2O3S/c1-2-19(12-16(20)18-14-6-4-3-5-7-14)23(21,22)15-10-8-13(17)9-11-15/h3-11H,2,12H2,1H3,(H,18,20). The second-order valence-electron chi connectivity index (χ2n) is 4.80. The Hall–Kier alpha value is -1.89. The van der Waals surface area contributed by atoms with E-state index in [0.717, 1.165) is 4.31 Å². The fourth-order valence-corrected chi connectivity index (χ4v) is 3.54. The smallest absolute Gasteiger partial charge is 0.243 e. The van der Waals surface area contributed by atoms with E-state index in [9.17, 15) is 13.2 Å². The molecule has 0 heterocycles. The first kappa shape index (κ1) is 17.5. The number of nitrogens with zero attached hydrogens (tertiary/aromatic N) is 1. The number of hydrogen-bond donors (Lipinski definition) is 1. The fourth-order valence-electron chi connectivity index (χ4n) is 2.00. The van der Waals surface area contributed by atoms with Gasteiger partial charge >= 0.3 is 0 Å². The molecule has 0 aliphatic heterocycles. The summed E-state index contributed by atoms with van der Waals surface area (Å²) in [5.74, 6) is -0.393. The van der Waals surface area contributed by atoms with E-state index in [2.05, 4.69) is 5.32 Å². The lowest BCUT2D eigenvalue weighted by Gasteiger charge is -2.20. The number of sulfonamides is 1. The summed E-state index contributed by atoms with van der Waals surface area (Å²) in [6.07, 6.45) is 0. The van der Waals surface area contributed by atoms with Gasteiger partial charge in [-0.25, -0.2) is 8.42 Å². The minimum atomic E-state index is -3.74. The molecule has 0 saturated carbocycles. The van der Waals surface area contributed by atoms with Crippen molar-refractivity contribution in [3.8, 4) is 0 Å². The van der Waals surface area contributed by atoms with Crippen molar-refractivity contribution in [2.24, 2.45) is 0 Å². The Morgan fingerprint density at radius 3 is 2.26 bits per heavy atom. The lowest BCUT2D eigenvalue weighted by molar-refractivity contribution is -0.116. The van der Waals surface area contributed by atoms with Crippen molar-refractivity contribution in [3.63, 3.8) is 0 Å². The van der Waals surface area contributed by atoms with Crippen molar-refractivity contribution in [3.05, 3.63) is 59.6 Å². The van der Waals surface area contributed by atoms with Crippen molar-refractivity contribution < 1.29 is 13.2 Å². The Balaban J connectivity index is 2.12. The monoisotopic (exact) mass is 352 g/mol. The normalized spacial score (nSPS) is 11.4. The van der Waals surface area contributed by atoms with Crippen molar-refractivity contribution in [1.82, 2.24) is 4.31 Å². The number of carbonyl (C=O) groups excluding carboxylic acids is 1. The van der Waals surface area contributed by atoms with Gasteiger partial charge in [-0.3, -0.25) is 4.79 Å². The number of benzene rings is 2. The van der Waals surface area contributed by atoms with Gasteiger partial charge < -0.3 is 5.32 Å². The minimum Gasteiger partial charge on any atom is -0.325 e. The molecule has 0 aliphatic rings. The van der Waals surface area contributed by atoms with Crippen molar-refractivity contribution in [2.45, 2.75) is 11.8 Å². The first-order chi connectivity index (χ1) is 10.9. The average Bonchev–Trinajstić information content (AvgIpc) is 2.53. The van der Waals surface area contributed by atoms with Crippen LogP contribution in [0.3, 0.4) is 0 Å². The molecule has 23 heavy (non-hydrogen) atoms. The van der Waals surface area contributed by atoms with E-state index in [-0.39, 0.29) is 18.0 Å². The van der Waals surface area contributed by atoms with Gasteiger partial charge in [0.05, 0.1) is 11.4 Å². The highest BCUT2D eigenvalue weighted by Crippen LogP contribution is 2.18. The Morgan fingerprint density at radius 1 is 1.09 bits per heavy atom. The number of para-hydroxylation sites is 1. The van der Waals surface area contributed by atoms with E-state index in [1.165, 1.54) is 24.3 Å². The topological polar surface area (TPSA) is 66.5 Å². The van der Waals surface area contributed by atoms with Gasteiger partial charge in [-0.1, -0.05) is 36.7 Å². The maximum absolute atomic E-state index is 12.6. The molecule has 0 radical (unpaired) electrons. The largest absolute Gasteiger partial charge is 0.325 e. The molecule has 0 aromatic heterocycles. The first-order valence-corrected chi connectivity index (χ1v) is 8.86. The predicted octanol–water partition coefficient (Wildman–Crippen LogP) is 2.99. The zero-order valence-electron chi connectivity index (χ0n) is 12.6. The molecule has 122 valence electrons. The van der Waals surface area contributed by atoms with Crippen LogP contribution in [0.25, 0.3) is 0 Å². The first-order valence-electron chi connectivity index (χ1n) is 7.04. The zero-order valence-corrected chi connectivity index (χ0v) is 14.1. The number of amides is 1. The Morgan fingerprint density at radius 2 is 1.70 bits per heavy atom. The lowest BCUT2D eigenvalue weighted by atomic mass is 10.3. The predicted molar refractivity (Wildman–Crippen MR) is 91.0 cm³/mol. The van der Waals surface area contributed by atoms with E-state index in [1.807, 2.05) is 6.07 Å². The summed E-state index contributed by atoms with van der Waals surface area (Å²) < 4.78 is 26.3. The van der Waals surface area contributed by atoms with Crippen LogP contribution in [0, 0.1) is 0 Å². The zero-order chi connectivity index (χ0) is 16.9. The third kappa shape index (κ3) is 4.54. The molecule has 0 atom stereocenters. The van der Waals surface area contributed by atoms with Crippen LogP contribution >= 0.6 is 11.6 Å². The lowest BCUT2D eigenvalue weighted by Crippen LogP contribution is -2.37. The maximum Gasteiger partial charge on any atom is 0.243 e. The van der Waals surface area contributed by atoms with E-state index in [1.54, 1.807) is 31.2 Å². The van der Waals surface area contributed by atoms with E-state index >= 15 is 0 Å². The Bertz CT molecular complexity index is 762. The summed E-state index contributed by atoms with van der Waals surface area (Å²) in [6.45, 7) is 1.62. The van der Waals surface area contributed by atoms with E-state index in [4.69, 9.17) is 11.6 Å². The van der Waals surface area contributed by atoms with Gasteiger partial charge in [0.1, 0.15) is 0 Å². The van der Waals surface area contributed by atoms with Crippen molar-refractivity contribution >= 4 is 33.2 Å². The van der Waals surface area contributed by atoms with Gasteiger partial charge in [0.15, 0.2) is 0 Å². The van der Waals surface area contributed by atoms with Gasteiger partial charge in [0.2, 0.25) is 15.9 Å². The van der Waals surface area contributed by atoms with Gasteiger partial charge in [0, 0.05) is 17.3 Å². The molecule has 2 aromatic rings. The van der Waals surface area contributed by atoms with Gasteiger partial charge in [-0.15, -0.1) is 0 Å².